The number of benzene rings is 1. The zero-order valence-corrected chi connectivity index (χ0v) is 18.0. The maximum Gasteiger partial charge on any atom is 0.191 e. The highest BCUT2D eigenvalue weighted by molar-refractivity contribution is 14.0. The predicted octanol–water partition coefficient (Wildman–Crippen LogP) is 3.36. The van der Waals surface area contributed by atoms with Gasteiger partial charge in [-0.15, -0.1) is 24.0 Å². The molecule has 2 N–H and O–H groups in total. The highest BCUT2D eigenvalue weighted by Gasteiger charge is 2.19. The van der Waals surface area contributed by atoms with E-state index in [2.05, 4.69) is 71.8 Å². The minimum absolute atomic E-state index is 0. The van der Waals surface area contributed by atoms with Crippen LogP contribution >= 0.6 is 24.0 Å². The number of nitrogens with zero attached hydrogens (tertiary/aromatic N) is 3. The van der Waals surface area contributed by atoms with E-state index in [1.165, 1.54) is 5.56 Å². The first kappa shape index (κ1) is 21.5. The van der Waals surface area contributed by atoms with Crippen molar-refractivity contribution in [2.75, 3.05) is 13.1 Å². The van der Waals surface area contributed by atoms with Crippen molar-refractivity contribution >= 4 is 29.9 Å². The van der Waals surface area contributed by atoms with Gasteiger partial charge in [0.05, 0.1) is 12.2 Å². The zero-order chi connectivity index (χ0) is 17.4. The fraction of sp³-hybridized carbons (Fsp3) is 0.474. The molecule has 0 radical (unpaired) electrons. The number of halogens is 1. The van der Waals surface area contributed by atoms with Crippen molar-refractivity contribution in [1.82, 2.24) is 20.4 Å². The Morgan fingerprint density at radius 2 is 1.88 bits per heavy atom. The number of aryl methyl sites for hydroxylation is 1. The third-order valence-corrected chi connectivity index (χ3v) is 3.93. The zero-order valence-electron chi connectivity index (χ0n) is 15.6. The summed E-state index contributed by atoms with van der Waals surface area (Å²) in [6, 6.07) is 12.6. The Morgan fingerprint density at radius 3 is 2.48 bits per heavy atom. The van der Waals surface area contributed by atoms with E-state index in [4.69, 9.17) is 0 Å². The Balaban J connectivity index is 0.00000312. The van der Waals surface area contributed by atoms with Crippen LogP contribution in [-0.2, 0) is 20.0 Å². The van der Waals surface area contributed by atoms with E-state index in [0.717, 1.165) is 31.2 Å². The summed E-state index contributed by atoms with van der Waals surface area (Å²) in [6.45, 7) is 8.95. The van der Waals surface area contributed by atoms with Crippen molar-refractivity contribution in [3.8, 4) is 0 Å². The van der Waals surface area contributed by atoms with Crippen LogP contribution in [0, 0.1) is 5.41 Å². The van der Waals surface area contributed by atoms with E-state index in [0.29, 0.717) is 6.54 Å². The van der Waals surface area contributed by atoms with E-state index < -0.39 is 0 Å². The molecule has 5 nitrogen and oxygen atoms in total. The van der Waals surface area contributed by atoms with Gasteiger partial charge < -0.3 is 10.6 Å². The van der Waals surface area contributed by atoms with Crippen LogP contribution in [0.5, 0.6) is 0 Å². The quantitative estimate of drug-likeness (QED) is 0.383. The molecule has 1 aromatic carbocycles. The van der Waals surface area contributed by atoms with E-state index in [-0.39, 0.29) is 29.4 Å². The van der Waals surface area contributed by atoms with Crippen LogP contribution in [0.15, 0.2) is 47.6 Å². The number of hydrogen-bond donors (Lipinski definition) is 2. The van der Waals surface area contributed by atoms with Crippen LogP contribution in [0.2, 0.25) is 0 Å². The highest BCUT2D eigenvalue weighted by Crippen LogP contribution is 2.20. The van der Waals surface area contributed by atoms with Gasteiger partial charge in [0, 0.05) is 26.3 Å². The van der Waals surface area contributed by atoms with Crippen molar-refractivity contribution in [2.45, 2.75) is 33.7 Å². The Bertz CT molecular complexity index is 649. The Labute approximate surface area is 168 Å². The van der Waals surface area contributed by atoms with Gasteiger partial charge in [-0.05, 0) is 30.4 Å². The maximum absolute atomic E-state index is 4.66. The third-order valence-electron chi connectivity index (χ3n) is 3.93. The second-order valence-electron chi connectivity index (χ2n) is 6.82. The number of aromatic nitrogens is 2. The average molecular weight is 455 g/mol. The molecule has 138 valence electrons. The number of aliphatic imine (C=N–C) groups is 1. The average Bonchev–Trinajstić information content (AvgIpc) is 2.96. The van der Waals surface area contributed by atoms with Crippen molar-refractivity contribution in [2.24, 2.45) is 17.5 Å². The van der Waals surface area contributed by atoms with Crippen LogP contribution in [0.4, 0.5) is 0 Å². The summed E-state index contributed by atoms with van der Waals surface area (Å²) >= 11 is 0. The summed E-state index contributed by atoms with van der Waals surface area (Å²) in [5.41, 5.74) is 2.60. The molecular weight excluding hydrogens is 425 g/mol. The lowest BCUT2D eigenvalue weighted by Crippen LogP contribution is -2.42. The van der Waals surface area contributed by atoms with Gasteiger partial charge in [0.1, 0.15) is 0 Å². The van der Waals surface area contributed by atoms with E-state index >= 15 is 0 Å². The molecule has 6 heteroatoms. The van der Waals surface area contributed by atoms with Gasteiger partial charge in [0.25, 0.3) is 0 Å². The molecule has 25 heavy (non-hydrogen) atoms. The molecule has 0 saturated heterocycles. The topological polar surface area (TPSA) is 54.2 Å². The number of guanidine groups is 1. The highest BCUT2D eigenvalue weighted by atomic mass is 127. The van der Waals surface area contributed by atoms with E-state index in [9.17, 15) is 0 Å². The first-order valence-corrected chi connectivity index (χ1v) is 8.53. The van der Waals surface area contributed by atoms with E-state index in [1.807, 2.05) is 17.8 Å². The van der Waals surface area contributed by atoms with Crippen molar-refractivity contribution in [3.05, 3.63) is 53.9 Å². The molecule has 0 aliphatic heterocycles. The maximum atomic E-state index is 4.66. The first-order chi connectivity index (χ1) is 11.5. The van der Waals surface area contributed by atoms with Gasteiger partial charge >= 0.3 is 0 Å². The fourth-order valence-corrected chi connectivity index (χ4v) is 2.59. The fourth-order valence-electron chi connectivity index (χ4n) is 2.59. The number of nitrogens with one attached hydrogen (secondary N) is 2. The molecule has 0 bridgehead atoms. The Morgan fingerprint density at radius 1 is 1.16 bits per heavy atom. The standard InChI is InChI=1S/C19H29N5.HI/c1-5-20-18(21-14-17-11-12-23-24(17)4)22-15-19(2,3)13-16-9-7-6-8-10-16;/h6-12H,5,13-15H2,1-4H3,(H2,20,21,22);1H. The minimum atomic E-state index is 0. The molecule has 0 saturated carbocycles. The summed E-state index contributed by atoms with van der Waals surface area (Å²) in [5, 5.41) is 11.0. The molecule has 1 aromatic heterocycles. The van der Waals surface area contributed by atoms with Crippen LogP contribution < -0.4 is 10.6 Å². The van der Waals surface area contributed by atoms with Crippen LogP contribution in [0.25, 0.3) is 0 Å². The molecular formula is C19H30IN5. The van der Waals surface area contributed by atoms with Crippen LogP contribution in [-0.4, -0.2) is 28.8 Å². The molecule has 1 heterocycles. The van der Waals surface area contributed by atoms with Crippen molar-refractivity contribution < 1.29 is 0 Å². The minimum Gasteiger partial charge on any atom is -0.357 e. The second-order valence-corrected chi connectivity index (χ2v) is 6.82. The summed E-state index contributed by atoms with van der Waals surface area (Å²) < 4.78 is 1.85. The summed E-state index contributed by atoms with van der Waals surface area (Å²) in [7, 11) is 1.94. The largest absolute Gasteiger partial charge is 0.357 e. The molecule has 0 aliphatic carbocycles. The molecule has 0 aliphatic rings. The molecule has 2 aromatic rings. The van der Waals surface area contributed by atoms with Crippen LogP contribution in [0.1, 0.15) is 32.0 Å². The lowest BCUT2D eigenvalue weighted by molar-refractivity contribution is 0.359. The molecule has 0 amide bonds. The molecule has 0 fully saturated rings. The van der Waals surface area contributed by atoms with Crippen LogP contribution in [0.3, 0.4) is 0 Å². The summed E-state index contributed by atoms with van der Waals surface area (Å²) in [5.74, 6) is 0.847. The molecule has 0 atom stereocenters. The van der Waals surface area contributed by atoms with Crippen molar-refractivity contribution in [1.29, 1.82) is 0 Å². The first-order valence-electron chi connectivity index (χ1n) is 8.53. The monoisotopic (exact) mass is 455 g/mol. The number of rotatable bonds is 7. The van der Waals surface area contributed by atoms with Crippen molar-refractivity contribution in [3.63, 3.8) is 0 Å². The Hall–Kier alpha value is -1.57. The normalized spacial score (nSPS) is 11.8. The van der Waals surface area contributed by atoms with E-state index in [1.54, 1.807) is 6.20 Å². The lowest BCUT2D eigenvalue weighted by atomic mass is 9.86. The molecule has 0 unspecified atom stereocenters. The lowest BCUT2D eigenvalue weighted by Gasteiger charge is -2.26. The summed E-state index contributed by atoms with van der Waals surface area (Å²) in [4.78, 5) is 4.66. The molecule has 2 rings (SSSR count). The van der Waals surface area contributed by atoms with Gasteiger partial charge in [-0.1, -0.05) is 44.2 Å². The predicted molar refractivity (Wildman–Crippen MR) is 115 cm³/mol. The summed E-state index contributed by atoms with van der Waals surface area (Å²) in [6.07, 6.45) is 2.83. The molecule has 0 spiro atoms. The Kier molecular flexibility index (Phi) is 8.96. The van der Waals surface area contributed by atoms with Gasteiger partial charge in [-0.2, -0.15) is 5.10 Å². The van der Waals surface area contributed by atoms with Gasteiger partial charge in [-0.25, -0.2) is 4.99 Å². The second kappa shape index (κ2) is 10.4. The smallest absolute Gasteiger partial charge is 0.191 e. The van der Waals surface area contributed by atoms with Gasteiger partial charge in [-0.3, -0.25) is 4.68 Å². The van der Waals surface area contributed by atoms with Gasteiger partial charge in [0.15, 0.2) is 5.96 Å². The third kappa shape index (κ3) is 7.46. The number of hydrogen-bond acceptors (Lipinski definition) is 2. The van der Waals surface area contributed by atoms with Gasteiger partial charge in [0.2, 0.25) is 0 Å². The SMILES string of the molecule is CCNC(=NCc1ccnn1C)NCC(C)(C)Cc1ccccc1.I.